The van der Waals surface area contributed by atoms with E-state index in [2.05, 4.69) is 14.8 Å². The number of amides is 3. The Morgan fingerprint density at radius 2 is 1.76 bits per heavy atom. The number of benzene rings is 2. The summed E-state index contributed by atoms with van der Waals surface area (Å²) in [5.74, 6) is -1.27. The molecule has 2 aromatic carbocycles. The number of carbonyl (C=O) groups is 3. The largest absolute Gasteiger partial charge is 0.573 e. The number of nitrogens with one attached hydrogen (secondary N) is 1. The summed E-state index contributed by atoms with van der Waals surface area (Å²) in [6.07, 6.45) is -2.02. The van der Waals surface area contributed by atoms with Gasteiger partial charge in [-0.05, 0) is 42.0 Å². The van der Waals surface area contributed by atoms with E-state index in [0.29, 0.717) is 11.3 Å². The number of para-hydroxylation sites is 1. The van der Waals surface area contributed by atoms with Crippen molar-refractivity contribution in [3.8, 4) is 5.75 Å². The fourth-order valence-electron chi connectivity index (χ4n) is 3.14. The van der Waals surface area contributed by atoms with Crippen LogP contribution in [-0.4, -0.2) is 55.9 Å². The summed E-state index contributed by atoms with van der Waals surface area (Å²) in [7, 11) is 1.26. The van der Waals surface area contributed by atoms with Crippen molar-refractivity contribution in [1.82, 2.24) is 4.90 Å². The first kappa shape index (κ1) is 23.6. The van der Waals surface area contributed by atoms with Crippen molar-refractivity contribution < 1.29 is 37.0 Å². The molecule has 3 rings (SSSR count). The number of ether oxygens (including phenoxy) is 2. The molecule has 3 amide bonds. The summed E-state index contributed by atoms with van der Waals surface area (Å²) in [6, 6.07) is 11.1. The van der Waals surface area contributed by atoms with Crippen LogP contribution in [-0.2, 0) is 14.3 Å². The number of hydrogen-bond donors (Lipinski definition) is 1. The first-order valence-corrected chi connectivity index (χ1v) is 9.73. The lowest BCUT2D eigenvalue weighted by Crippen LogP contribution is -2.53. The molecule has 1 aliphatic heterocycles. The molecule has 1 saturated heterocycles. The summed E-state index contributed by atoms with van der Waals surface area (Å²) in [5, 5.41) is 2.54. The number of alkyl halides is 3. The van der Waals surface area contributed by atoms with E-state index in [1.165, 1.54) is 35.1 Å². The van der Waals surface area contributed by atoms with Gasteiger partial charge in [0.25, 0.3) is 0 Å². The molecule has 0 bridgehead atoms. The molecule has 0 unspecified atom stereocenters. The predicted octanol–water partition coefficient (Wildman–Crippen LogP) is 3.65. The number of anilines is 2. The second-order valence-corrected chi connectivity index (χ2v) is 6.88. The van der Waals surface area contributed by atoms with Gasteiger partial charge in [0.1, 0.15) is 12.3 Å². The third kappa shape index (κ3) is 6.48. The monoisotopic (exact) mass is 463 g/mol. The van der Waals surface area contributed by atoms with Crippen molar-refractivity contribution in [3.63, 3.8) is 0 Å². The standard InChI is InChI=1S/C22H20F3N3O5/c1-32-20(30)11-6-15-4-2-3-5-18(15)28-13-12-27(14-19(28)29)21(31)26-16-7-9-17(10-8-16)33-22(23,24)25/h2-11H,12-14H2,1H3,(H,26,31)/b11-6+. The topological polar surface area (TPSA) is 88.2 Å². The fraction of sp³-hybridized carbons (Fsp3) is 0.227. The minimum atomic E-state index is -4.81. The van der Waals surface area contributed by atoms with Crippen molar-refractivity contribution >= 4 is 35.4 Å². The maximum Gasteiger partial charge on any atom is 0.573 e. The van der Waals surface area contributed by atoms with Gasteiger partial charge < -0.3 is 24.6 Å². The summed E-state index contributed by atoms with van der Waals surface area (Å²) in [5.41, 5.74) is 1.47. The zero-order valence-electron chi connectivity index (χ0n) is 17.5. The van der Waals surface area contributed by atoms with Gasteiger partial charge in [-0.3, -0.25) is 4.79 Å². The van der Waals surface area contributed by atoms with E-state index in [0.717, 1.165) is 12.1 Å². The van der Waals surface area contributed by atoms with Gasteiger partial charge in [-0.15, -0.1) is 13.2 Å². The highest BCUT2D eigenvalue weighted by atomic mass is 19.4. The van der Waals surface area contributed by atoms with Crippen LogP contribution in [0.4, 0.5) is 29.3 Å². The molecule has 0 aliphatic carbocycles. The van der Waals surface area contributed by atoms with E-state index in [4.69, 9.17) is 0 Å². The molecule has 8 nitrogen and oxygen atoms in total. The van der Waals surface area contributed by atoms with Crippen LogP contribution in [0.3, 0.4) is 0 Å². The Kier molecular flexibility index (Phi) is 7.21. The molecule has 0 atom stereocenters. The van der Waals surface area contributed by atoms with E-state index in [-0.39, 0.29) is 31.2 Å². The van der Waals surface area contributed by atoms with E-state index in [9.17, 15) is 27.6 Å². The third-order valence-corrected chi connectivity index (χ3v) is 4.67. The van der Waals surface area contributed by atoms with E-state index in [1.807, 2.05) is 0 Å². The van der Waals surface area contributed by atoms with Gasteiger partial charge in [-0.25, -0.2) is 9.59 Å². The third-order valence-electron chi connectivity index (χ3n) is 4.67. The second kappa shape index (κ2) is 10.1. The summed E-state index contributed by atoms with van der Waals surface area (Å²) >= 11 is 0. The van der Waals surface area contributed by atoms with Crippen molar-refractivity contribution in [2.45, 2.75) is 6.36 Å². The maximum absolute atomic E-state index is 12.8. The summed E-state index contributed by atoms with van der Waals surface area (Å²) in [6.45, 7) is 0.242. The van der Waals surface area contributed by atoms with Gasteiger partial charge in [0.15, 0.2) is 0 Å². The highest BCUT2D eigenvalue weighted by molar-refractivity contribution is 6.01. The number of esters is 1. The smallest absolute Gasteiger partial charge is 0.466 e. The molecule has 0 radical (unpaired) electrons. The van der Waals surface area contributed by atoms with Gasteiger partial charge in [0, 0.05) is 24.9 Å². The summed E-state index contributed by atoms with van der Waals surface area (Å²) in [4.78, 5) is 39.5. The number of nitrogens with zero attached hydrogens (tertiary/aromatic N) is 2. The Morgan fingerprint density at radius 3 is 2.39 bits per heavy atom. The average Bonchev–Trinajstić information content (AvgIpc) is 2.78. The van der Waals surface area contributed by atoms with Crippen LogP contribution in [0.2, 0.25) is 0 Å². The molecule has 2 aromatic rings. The Morgan fingerprint density at radius 1 is 1.06 bits per heavy atom. The molecule has 33 heavy (non-hydrogen) atoms. The molecule has 1 heterocycles. The number of methoxy groups -OCH3 is 1. The molecule has 174 valence electrons. The van der Waals surface area contributed by atoms with Gasteiger partial charge in [0.05, 0.1) is 12.8 Å². The van der Waals surface area contributed by atoms with E-state index >= 15 is 0 Å². The van der Waals surface area contributed by atoms with Gasteiger partial charge >= 0.3 is 18.4 Å². The molecule has 0 saturated carbocycles. The molecule has 11 heteroatoms. The number of hydrogen-bond acceptors (Lipinski definition) is 5. The van der Waals surface area contributed by atoms with Crippen LogP contribution < -0.4 is 15.0 Å². The number of urea groups is 1. The molecule has 1 fully saturated rings. The van der Waals surface area contributed by atoms with Gasteiger partial charge in [-0.2, -0.15) is 0 Å². The lowest BCUT2D eigenvalue weighted by atomic mass is 10.1. The second-order valence-electron chi connectivity index (χ2n) is 6.88. The molecule has 1 N–H and O–H groups in total. The average molecular weight is 463 g/mol. The molecular weight excluding hydrogens is 443 g/mol. The summed E-state index contributed by atoms with van der Waals surface area (Å²) < 4.78 is 45.1. The van der Waals surface area contributed by atoms with Crippen LogP contribution in [0, 0.1) is 0 Å². The number of halogens is 3. The van der Waals surface area contributed by atoms with Crippen molar-refractivity contribution in [2.24, 2.45) is 0 Å². The van der Waals surface area contributed by atoms with Crippen LogP contribution >= 0.6 is 0 Å². The number of piperazine rings is 1. The number of rotatable bonds is 5. The Labute approximate surface area is 187 Å². The Hall–Kier alpha value is -4.02. The Balaban J connectivity index is 1.63. The highest BCUT2D eigenvalue weighted by Gasteiger charge is 2.31. The number of carbonyl (C=O) groups excluding carboxylic acids is 3. The van der Waals surface area contributed by atoms with Crippen molar-refractivity contribution in [3.05, 3.63) is 60.2 Å². The van der Waals surface area contributed by atoms with Gasteiger partial charge in [0.2, 0.25) is 5.91 Å². The van der Waals surface area contributed by atoms with Crippen molar-refractivity contribution in [2.75, 3.05) is 37.0 Å². The van der Waals surface area contributed by atoms with Crippen molar-refractivity contribution in [1.29, 1.82) is 0 Å². The van der Waals surface area contributed by atoms with Gasteiger partial charge in [-0.1, -0.05) is 18.2 Å². The zero-order chi connectivity index (χ0) is 24.0. The fourth-order valence-corrected chi connectivity index (χ4v) is 3.14. The van der Waals surface area contributed by atoms with E-state index < -0.39 is 24.1 Å². The quantitative estimate of drug-likeness (QED) is 0.540. The SMILES string of the molecule is COC(=O)/C=C/c1ccccc1N1CCN(C(=O)Nc2ccc(OC(F)(F)F)cc2)CC1=O. The maximum atomic E-state index is 12.8. The normalized spacial score (nSPS) is 14.4. The van der Waals surface area contributed by atoms with Crippen LogP contribution in [0.15, 0.2) is 54.6 Å². The minimum Gasteiger partial charge on any atom is -0.466 e. The van der Waals surface area contributed by atoms with Crippen LogP contribution in [0.25, 0.3) is 6.08 Å². The lowest BCUT2D eigenvalue weighted by molar-refractivity contribution is -0.274. The molecule has 0 aromatic heterocycles. The predicted molar refractivity (Wildman–Crippen MR) is 114 cm³/mol. The first-order chi connectivity index (χ1) is 15.7. The highest BCUT2D eigenvalue weighted by Crippen LogP contribution is 2.25. The zero-order valence-corrected chi connectivity index (χ0v) is 17.5. The minimum absolute atomic E-state index is 0.198. The Bertz CT molecular complexity index is 1050. The van der Waals surface area contributed by atoms with E-state index in [1.54, 1.807) is 30.3 Å². The lowest BCUT2D eigenvalue weighted by Gasteiger charge is -2.35. The van der Waals surface area contributed by atoms with Crippen LogP contribution in [0.1, 0.15) is 5.56 Å². The molecule has 1 aliphatic rings. The first-order valence-electron chi connectivity index (χ1n) is 9.73. The molecule has 0 spiro atoms. The van der Waals surface area contributed by atoms with Crippen LogP contribution in [0.5, 0.6) is 5.75 Å². The molecular formula is C22H20F3N3O5.